The van der Waals surface area contributed by atoms with E-state index in [1.165, 1.54) is 17.5 Å². The van der Waals surface area contributed by atoms with Crippen LogP contribution in [0.1, 0.15) is 44.7 Å². The first-order valence-corrected chi connectivity index (χ1v) is 7.01. The first-order valence-electron chi connectivity index (χ1n) is 7.01. The Hall–Kier alpha value is -2.22. The average Bonchev–Trinajstić information content (AvgIpc) is 2.54. The third-order valence-electron chi connectivity index (χ3n) is 3.85. The molecular formula is C18H16O2. The summed E-state index contributed by atoms with van der Waals surface area (Å²) in [4.78, 5) is 24.4. The molecule has 0 unspecified atom stereocenters. The van der Waals surface area contributed by atoms with E-state index in [4.69, 9.17) is 0 Å². The van der Waals surface area contributed by atoms with Crippen LogP contribution in [0, 0.1) is 0 Å². The molecule has 0 fully saturated rings. The number of fused-ring (bicyclic) bond motifs is 1. The molecule has 0 atom stereocenters. The molecule has 3 rings (SSSR count). The first-order chi connectivity index (χ1) is 9.75. The smallest absolute Gasteiger partial charge is 0.233 e. The van der Waals surface area contributed by atoms with Gasteiger partial charge in [-0.2, -0.15) is 0 Å². The van der Waals surface area contributed by atoms with E-state index in [-0.39, 0.29) is 0 Å². The quantitative estimate of drug-likeness (QED) is 0.626. The topological polar surface area (TPSA) is 34.1 Å². The Kier molecular flexibility index (Phi) is 3.46. The van der Waals surface area contributed by atoms with Gasteiger partial charge in [0, 0.05) is 11.1 Å². The maximum atomic E-state index is 12.3. The van der Waals surface area contributed by atoms with Gasteiger partial charge in [-0.05, 0) is 42.9 Å². The summed E-state index contributed by atoms with van der Waals surface area (Å²) in [6.07, 6.45) is 4.47. The minimum atomic E-state index is -0.429. The number of carbonyl (C=O) groups is 2. The van der Waals surface area contributed by atoms with Gasteiger partial charge in [-0.25, -0.2) is 0 Å². The summed E-state index contributed by atoms with van der Waals surface area (Å²) in [5, 5.41) is 0. The molecule has 0 spiro atoms. The molecule has 0 amide bonds. The zero-order valence-electron chi connectivity index (χ0n) is 11.3. The summed E-state index contributed by atoms with van der Waals surface area (Å²) in [6, 6.07) is 14.4. The number of hydrogen-bond donors (Lipinski definition) is 0. The number of Topliss-reactive ketones (excluding diaryl/α,β-unsaturated/α-hetero) is 2. The van der Waals surface area contributed by atoms with E-state index >= 15 is 0 Å². The highest BCUT2D eigenvalue weighted by molar-refractivity contribution is 6.49. The molecule has 20 heavy (non-hydrogen) atoms. The lowest BCUT2D eigenvalue weighted by molar-refractivity contribution is 0.0817. The number of ketones is 2. The summed E-state index contributed by atoms with van der Waals surface area (Å²) in [5.74, 6) is -0.842. The molecule has 2 aromatic rings. The summed E-state index contributed by atoms with van der Waals surface area (Å²) >= 11 is 0. The van der Waals surface area contributed by atoms with Gasteiger partial charge in [-0.15, -0.1) is 0 Å². The fourth-order valence-corrected chi connectivity index (χ4v) is 2.73. The van der Waals surface area contributed by atoms with E-state index in [0.29, 0.717) is 11.1 Å². The molecule has 0 heterocycles. The van der Waals surface area contributed by atoms with Gasteiger partial charge in [0.25, 0.3) is 0 Å². The van der Waals surface area contributed by atoms with Gasteiger partial charge < -0.3 is 0 Å². The van der Waals surface area contributed by atoms with Crippen molar-refractivity contribution in [1.82, 2.24) is 0 Å². The maximum Gasteiger partial charge on any atom is 0.233 e. The van der Waals surface area contributed by atoms with Crippen LogP contribution in [0.15, 0.2) is 48.5 Å². The molecule has 0 saturated carbocycles. The van der Waals surface area contributed by atoms with Crippen LogP contribution in [0.5, 0.6) is 0 Å². The molecule has 2 aromatic carbocycles. The monoisotopic (exact) mass is 264 g/mol. The van der Waals surface area contributed by atoms with Crippen molar-refractivity contribution in [2.45, 2.75) is 25.7 Å². The number of benzene rings is 2. The van der Waals surface area contributed by atoms with E-state index in [1.807, 2.05) is 18.2 Å². The van der Waals surface area contributed by atoms with Crippen molar-refractivity contribution < 1.29 is 9.59 Å². The van der Waals surface area contributed by atoms with Crippen LogP contribution >= 0.6 is 0 Å². The molecule has 100 valence electrons. The Balaban J connectivity index is 1.89. The minimum Gasteiger partial charge on any atom is -0.285 e. The van der Waals surface area contributed by atoms with Gasteiger partial charge in [0.15, 0.2) is 0 Å². The Morgan fingerprint density at radius 2 is 1.35 bits per heavy atom. The molecule has 2 heteroatoms. The normalized spacial score (nSPS) is 13.6. The molecule has 0 aromatic heterocycles. The summed E-state index contributed by atoms with van der Waals surface area (Å²) < 4.78 is 0. The van der Waals surface area contributed by atoms with Gasteiger partial charge in [-0.1, -0.05) is 42.5 Å². The third-order valence-corrected chi connectivity index (χ3v) is 3.85. The second kappa shape index (κ2) is 5.41. The van der Waals surface area contributed by atoms with Crippen LogP contribution in [-0.2, 0) is 12.8 Å². The molecule has 2 nitrogen and oxygen atoms in total. The van der Waals surface area contributed by atoms with Crippen LogP contribution in [0.25, 0.3) is 0 Å². The largest absolute Gasteiger partial charge is 0.285 e. The van der Waals surface area contributed by atoms with Crippen LogP contribution in [0.3, 0.4) is 0 Å². The van der Waals surface area contributed by atoms with Gasteiger partial charge in [0.05, 0.1) is 0 Å². The highest BCUT2D eigenvalue weighted by Crippen LogP contribution is 2.22. The van der Waals surface area contributed by atoms with Gasteiger partial charge in [-0.3, -0.25) is 9.59 Å². The molecular weight excluding hydrogens is 248 g/mol. The Morgan fingerprint density at radius 1 is 0.700 bits per heavy atom. The molecule has 1 aliphatic rings. The molecule has 0 saturated heterocycles. The third kappa shape index (κ3) is 2.42. The standard InChI is InChI=1S/C18H16O2/c19-17(14-7-2-1-3-8-14)18(20)16-11-10-13-6-4-5-9-15(13)12-16/h1-3,7-8,10-12H,4-6,9H2. The SMILES string of the molecule is O=C(C(=O)c1ccc2c(c1)CCCC2)c1ccccc1. The Bertz CT molecular complexity index is 656. The lowest BCUT2D eigenvalue weighted by Crippen LogP contribution is -2.15. The fraction of sp³-hybridized carbons (Fsp3) is 0.222. The van der Waals surface area contributed by atoms with E-state index < -0.39 is 11.6 Å². The number of aryl methyl sites for hydroxylation is 2. The zero-order chi connectivity index (χ0) is 13.9. The minimum absolute atomic E-state index is 0.412. The number of rotatable bonds is 3. The van der Waals surface area contributed by atoms with Crippen LogP contribution in [0.2, 0.25) is 0 Å². The lowest BCUT2D eigenvalue weighted by atomic mass is 9.89. The first kappa shape index (κ1) is 12.8. The van der Waals surface area contributed by atoms with Crippen molar-refractivity contribution in [3.63, 3.8) is 0 Å². The average molecular weight is 264 g/mol. The van der Waals surface area contributed by atoms with Crippen molar-refractivity contribution in [3.8, 4) is 0 Å². The van der Waals surface area contributed by atoms with Crippen molar-refractivity contribution in [1.29, 1.82) is 0 Å². The summed E-state index contributed by atoms with van der Waals surface area (Å²) in [6.45, 7) is 0. The maximum absolute atomic E-state index is 12.3. The summed E-state index contributed by atoms with van der Waals surface area (Å²) in [7, 11) is 0. The molecule has 0 N–H and O–H groups in total. The van der Waals surface area contributed by atoms with Crippen molar-refractivity contribution in [2.75, 3.05) is 0 Å². The van der Waals surface area contributed by atoms with Crippen molar-refractivity contribution in [2.24, 2.45) is 0 Å². The molecule has 0 bridgehead atoms. The van der Waals surface area contributed by atoms with Crippen LogP contribution < -0.4 is 0 Å². The van der Waals surface area contributed by atoms with E-state index in [1.54, 1.807) is 30.3 Å². The second-order valence-corrected chi connectivity index (χ2v) is 5.21. The van der Waals surface area contributed by atoms with Gasteiger partial charge >= 0.3 is 0 Å². The Morgan fingerprint density at radius 3 is 2.10 bits per heavy atom. The summed E-state index contributed by atoms with van der Waals surface area (Å²) in [5.41, 5.74) is 3.51. The van der Waals surface area contributed by atoms with E-state index in [2.05, 4.69) is 0 Å². The van der Waals surface area contributed by atoms with Crippen LogP contribution in [-0.4, -0.2) is 11.6 Å². The number of carbonyl (C=O) groups excluding carboxylic acids is 2. The van der Waals surface area contributed by atoms with E-state index in [9.17, 15) is 9.59 Å². The zero-order valence-corrected chi connectivity index (χ0v) is 11.3. The van der Waals surface area contributed by atoms with Crippen LogP contribution in [0.4, 0.5) is 0 Å². The predicted octanol–water partition coefficient (Wildman–Crippen LogP) is 3.63. The van der Waals surface area contributed by atoms with E-state index in [0.717, 1.165) is 19.3 Å². The Labute approximate surface area is 118 Å². The molecule has 0 radical (unpaired) electrons. The molecule has 1 aliphatic carbocycles. The van der Waals surface area contributed by atoms with Crippen molar-refractivity contribution in [3.05, 3.63) is 70.8 Å². The number of hydrogen-bond acceptors (Lipinski definition) is 2. The highest BCUT2D eigenvalue weighted by atomic mass is 16.2. The second-order valence-electron chi connectivity index (χ2n) is 5.21. The highest BCUT2D eigenvalue weighted by Gasteiger charge is 2.19. The van der Waals surface area contributed by atoms with Gasteiger partial charge in [0.1, 0.15) is 0 Å². The fourth-order valence-electron chi connectivity index (χ4n) is 2.73. The van der Waals surface area contributed by atoms with Crippen molar-refractivity contribution >= 4 is 11.6 Å². The molecule has 0 aliphatic heterocycles. The van der Waals surface area contributed by atoms with Gasteiger partial charge in [0.2, 0.25) is 11.6 Å². The predicted molar refractivity (Wildman–Crippen MR) is 78.2 cm³/mol. The lowest BCUT2D eigenvalue weighted by Gasteiger charge is -2.16.